The molecule has 0 aromatic carbocycles. The number of carbonyl (C=O) groups excluding carboxylic acids is 1. The quantitative estimate of drug-likeness (QED) is 0.599. The summed E-state index contributed by atoms with van der Waals surface area (Å²) >= 11 is 1.74. The van der Waals surface area contributed by atoms with Crippen LogP contribution in [0.5, 0.6) is 5.88 Å². The van der Waals surface area contributed by atoms with Gasteiger partial charge in [0.2, 0.25) is 5.88 Å². The number of aromatic nitrogens is 2. The standard InChI is InChI=1S/C25H37N3O4S/c1-6-17(29)13-15-7-12-19-20(15)21-22(26-14-27-23(21)33-19)31-18-10-8-16(9-11-18)28(5)24(30)32-25(2,3)4/h14-18,29H,6-13H2,1-5H3/t15-,16-,17+,18-/m1/s1. The molecule has 2 aliphatic carbocycles. The third-order valence-corrected chi connectivity index (χ3v) is 8.05. The smallest absolute Gasteiger partial charge is 0.410 e. The van der Waals surface area contributed by atoms with Gasteiger partial charge in [0.1, 0.15) is 22.9 Å². The molecule has 1 N–H and O–H groups in total. The second kappa shape index (κ2) is 9.74. The molecule has 4 rings (SSSR count). The van der Waals surface area contributed by atoms with Crippen LogP contribution in [0.2, 0.25) is 0 Å². The lowest BCUT2D eigenvalue weighted by molar-refractivity contribution is 0.0137. The molecule has 8 heteroatoms. The summed E-state index contributed by atoms with van der Waals surface area (Å²) in [6, 6.07) is 0.162. The Labute approximate surface area is 200 Å². The number of aliphatic hydroxyl groups is 1. The number of nitrogens with zero attached hydrogens (tertiary/aromatic N) is 3. The zero-order valence-electron chi connectivity index (χ0n) is 20.5. The van der Waals surface area contributed by atoms with Crippen molar-refractivity contribution < 1.29 is 19.4 Å². The van der Waals surface area contributed by atoms with E-state index in [2.05, 4.69) is 9.97 Å². The summed E-state index contributed by atoms with van der Waals surface area (Å²) in [7, 11) is 1.83. The Morgan fingerprint density at radius 1 is 1.24 bits per heavy atom. The van der Waals surface area contributed by atoms with Gasteiger partial charge in [-0.1, -0.05) is 6.92 Å². The first kappa shape index (κ1) is 24.2. The lowest BCUT2D eigenvalue weighted by atomic mass is 9.92. The van der Waals surface area contributed by atoms with E-state index in [-0.39, 0.29) is 24.3 Å². The van der Waals surface area contributed by atoms with Crippen LogP contribution < -0.4 is 4.74 Å². The number of thiophene rings is 1. The average molecular weight is 476 g/mol. The van der Waals surface area contributed by atoms with Crippen LogP contribution in [0.4, 0.5) is 4.79 Å². The number of fused-ring (bicyclic) bond motifs is 3. The molecule has 2 atom stereocenters. The summed E-state index contributed by atoms with van der Waals surface area (Å²) in [5.41, 5.74) is 0.812. The normalized spacial score (nSPS) is 23.9. The van der Waals surface area contributed by atoms with Gasteiger partial charge in [0.05, 0.1) is 11.5 Å². The van der Waals surface area contributed by atoms with Crippen LogP contribution in [0.3, 0.4) is 0 Å². The van der Waals surface area contributed by atoms with E-state index >= 15 is 0 Å². The highest BCUT2D eigenvalue weighted by atomic mass is 32.1. The first-order valence-corrected chi connectivity index (χ1v) is 13.0. The zero-order valence-corrected chi connectivity index (χ0v) is 21.3. The number of carbonyl (C=O) groups is 1. The van der Waals surface area contributed by atoms with Gasteiger partial charge in [-0.05, 0) is 83.6 Å². The Balaban J connectivity index is 1.44. The predicted molar refractivity (Wildman–Crippen MR) is 130 cm³/mol. The van der Waals surface area contributed by atoms with Gasteiger partial charge in [-0.2, -0.15) is 0 Å². The van der Waals surface area contributed by atoms with Gasteiger partial charge in [-0.3, -0.25) is 0 Å². The summed E-state index contributed by atoms with van der Waals surface area (Å²) in [5.74, 6) is 1.02. The van der Waals surface area contributed by atoms with E-state index in [1.165, 1.54) is 10.4 Å². The summed E-state index contributed by atoms with van der Waals surface area (Å²) in [6.45, 7) is 7.70. The largest absolute Gasteiger partial charge is 0.474 e. The van der Waals surface area contributed by atoms with Gasteiger partial charge in [0.25, 0.3) is 0 Å². The van der Waals surface area contributed by atoms with E-state index in [4.69, 9.17) is 9.47 Å². The molecule has 33 heavy (non-hydrogen) atoms. The molecular weight excluding hydrogens is 438 g/mol. The fourth-order valence-corrected chi connectivity index (χ4v) is 6.28. The van der Waals surface area contributed by atoms with Gasteiger partial charge in [-0.15, -0.1) is 11.3 Å². The molecule has 0 radical (unpaired) electrons. The highest BCUT2D eigenvalue weighted by Gasteiger charge is 2.33. The maximum atomic E-state index is 12.4. The number of ether oxygens (including phenoxy) is 2. The maximum Gasteiger partial charge on any atom is 0.410 e. The Bertz CT molecular complexity index is 978. The number of amides is 1. The van der Waals surface area contributed by atoms with Crippen LogP contribution in [-0.4, -0.2) is 57.0 Å². The number of rotatable bonds is 6. The maximum absolute atomic E-state index is 12.4. The van der Waals surface area contributed by atoms with E-state index in [1.54, 1.807) is 22.6 Å². The number of hydrogen-bond acceptors (Lipinski definition) is 7. The van der Waals surface area contributed by atoms with Crippen LogP contribution in [0.15, 0.2) is 6.33 Å². The lowest BCUT2D eigenvalue weighted by Crippen LogP contribution is -2.43. The number of aliphatic hydroxyl groups excluding tert-OH is 1. The Kier molecular flexibility index (Phi) is 7.15. The van der Waals surface area contributed by atoms with Crippen LogP contribution in [0.25, 0.3) is 10.2 Å². The molecular formula is C25H37N3O4S. The molecule has 2 aliphatic rings. The van der Waals surface area contributed by atoms with Gasteiger partial charge in [-0.25, -0.2) is 14.8 Å². The molecule has 7 nitrogen and oxygen atoms in total. The van der Waals surface area contributed by atoms with E-state index in [0.29, 0.717) is 11.8 Å². The summed E-state index contributed by atoms with van der Waals surface area (Å²) < 4.78 is 12.0. The molecule has 1 amide bonds. The second-order valence-electron chi connectivity index (χ2n) is 10.5. The van der Waals surface area contributed by atoms with Gasteiger partial charge in [0.15, 0.2) is 0 Å². The molecule has 2 aromatic rings. The lowest BCUT2D eigenvalue weighted by Gasteiger charge is -2.35. The van der Waals surface area contributed by atoms with Crippen molar-refractivity contribution in [1.82, 2.24) is 14.9 Å². The molecule has 2 aromatic heterocycles. The molecule has 1 saturated carbocycles. The Hall–Kier alpha value is -1.93. The van der Waals surface area contributed by atoms with E-state index in [0.717, 1.165) is 61.6 Å². The van der Waals surface area contributed by atoms with E-state index in [1.807, 2.05) is 34.7 Å². The van der Waals surface area contributed by atoms with Crippen molar-refractivity contribution in [2.24, 2.45) is 0 Å². The fourth-order valence-electron chi connectivity index (χ4n) is 5.05. The monoisotopic (exact) mass is 475 g/mol. The summed E-state index contributed by atoms with van der Waals surface area (Å²) in [5, 5.41) is 11.3. The van der Waals surface area contributed by atoms with Crippen LogP contribution in [-0.2, 0) is 11.2 Å². The minimum atomic E-state index is -0.490. The molecule has 0 unspecified atom stereocenters. The molecule has 2 heterocycles. The van der Waals surface area contributed by atoms with Gasteiger partial charge in [0, 0.05) is 18.0 Å². The third-order valence-electron chi connectivity index (χ3n) is 6.87. The Morgan fingerprint density at radius 2 is 1.97 bits per heavy atom. The van der Waals surface area contributed by atoms with Crippen molar-refractivity contribution in [3.63, 3.8) is 0 Å². The fraction of sp³-hybridized carbons (Fsp3) is 0.720. The van der Waals surface area contributed by atoms with Crippen molar-refractivity contribution in [2.75, 3.05) is 7.05 Å². The zero-order chi connectivity index (χ0) is 23.8. The first-order valence-electron chi connectivity index (χ1n) is 12.2. The number of hydrogen-bond donors (Lipinski definition) is 1. The predicted octanol–water partition coefficient (Wildman–Crippen LogP) is 5.44. The molecule has 0 aliphatic heterocycles. The minimum Gasteiger partial charge on any atom is -0.474 e. The van der Waals surface area contributed by atoms with Crippen molar-refractivity contribution in [1.29, 1.82) is 0 Å². The van der Waals surface area contributed by atoms with Gasteiger partial charge >= 0.3 is 6.09 Å². The van der Waals surface area contributed by atoms with Crippen LogP contribution >= 0.6 is 11.3 Å². The number of aryl methyl sites for hydroxylation is 1. The Morgan fingerprint density at radius 3 is 2.64 bits per heavy atom. The molecule has 0 spiro atoms. The van der Waals surface area contributed by atoms with Gasteiger partial charge < -0.3 is 19.5 Å². The minimum absolute atomic E-state index is 0.0722. The van der Waals surface area contributed by atoms with Crippen LogP contribution in [0.1, 0.15) is 89.0 Å². The van der Waals surface area contributed by atoms with Crippen molar-refractivity contribution in [3.8, 4) is 5.88 Å². The second-order valence-corrected chi connectivity index (χ2v) is 11.6. The van der Waals surface area contributed by atoms with E-state index < -0.39 is 5.60 Å². The molecule has 182 valence electrons. The first-order chi connectivity index (χ1) is 15.7. The van der Waals surface area contributed by atoms with Crippen molar-refractivity contribution in [3.05, 3.63) is 16.8 Å². The highest BCUT2D eigenvalue weighted by Crippen LogP contribution is 2.48. The van der Waals surface area contributed by atoms with Crippen molar-refractivity contribution >= 4 is 27.6 Å². The third kappa shape index (κ3) is 5.43. The summed E-state index contributed by atoms with van der Waals surface area (Å²) in [4.78, 5) is 25.6. The summed E-state index contributed by atoms with van der Waals surface area (Å²) in [6.07, 6.45) is 8.29. The molecule has 1 fully saturated rings. The topological polar surface area (TPSA) is 84.8 Å². The highest BCUT2D eigenvalue weighted by molar-refractivity contribution is 7.19. The SMILES string of the molecule is CC[C@H](O)C[C@H]1CCc2sc3ncnc(O[C@H]4CC[C@H](N(C)C(=O)OC(C)(C)C)CC4)c3c21. The molecule has 0 bridgehead atoms. The average Bonchev–Trinajstić information content (AvgIpc) is 3.32. The van der Waals surface area contributed by atoms with Crippen molar-refractivity contribution in [2.45, 2.75) is 109 Å². The van der Waals surface area contributed by atoms with E-state index in [9.17, 15) is 9.90 Å². The van der Waals surface area contributed by atoms with Crippen LogP contribution in [0, 0.1) is 0 Å². The molecule has 0 saturated heterocycles.